The predicted octanol–water partition coefficient (Wildman–Crippen LogP) is 2.97. The van der Waals surface area contributed by atoms with E-state index in [1.165, 1.54) is 7.11 Å². The lowest BCUT2D eigenvalue weighted by molar-refractivity contribution is -0.139. The van der Waals surface area contributed by atoms with Crippen LogP contribution in [0.25, 0.3) is 0 Å². The number of ether oxygens (including phenoxy) is 2. The molecule has 2 aromatic carbocycles. The average Bonchev–Trinajstić information content (AvgIpc) is 3.32. The van der Waals surface area contributed by atoms with Crippen molar-refractivity contribution >= 4 is 17.6 Å². The molecule has 2 aliphatic heterocycles. The molecular formula is C23H21NO5. The van der Waals surface area contributed by atoms with Crippen LogP contribution in [-0.4, -0.2) is 41.9 Å². The lowest BCUT2D eigenvalue weighted by Gasteiger charge is -2.36. The molecule has 0 saturated heterocycles. The van der Waals surface area contributed by atoms with Crippen LogP contribution in [0.5, 0.6) is 0 Å². The molecule has 4 rings (SSSR count). The summed E-state index contributed by atoms with van der Waals surface area (Å²) in [5.41, 5.74) is 0.619. The number of para-hydroxylation sites is 1. The van der Waals surface area contributed by atoms with E-state index < -0.39 is 29.7 Å². The van der Waals surface area contributed by atoms with Gasteiger partial charge in [-0.25, -0.2) is 9.59 Å². The maximum atomic E-state index is 12.6. The van der Waals surface area contributed by atoms with Gasteiger partial charge >= 0.3 is 11.9 Å². The van der Waals surface area contributed by atoms with Crippen LogP contribution < -0.4 is 5.32 Å². The van der Waals surface area contributed by atoms with Crippen LogP contribution >= 0.6 is 0 Å². The number of rotatable bonds is 7. The summed E-state index contributed by atoms with van der Waals surface area (Å²) in [6.45, 7) is 0. The average molecular weight is 391 g/mol. The van der Waals surface area contributed by atoms with Crippen LogP contribution in [-0.2, 0) is 25.5 Å². The number of fused-ring (bicyclic) bond motifs is 2. The molecule has 2 bridgehead atoms. The third-order valence-electron chi connectivity index (χ3n) is 5.32. The minimum absolute atomic E-state index is 0.0457. The van der Waals surface area contributed by atoms with E-state index in [4.69, 9.17) is 9.47 Å². The Labute approximate surface area is 168 Å². The van der Waals surface area contributed by atoms with Crippen LogP contribution in [0.1, 0.15) is 5.56 Å². The van der Waals surface area contributed by atoms with E-state index >= 15 is 0 Å². The highest BCUT2D eigenvalue weighted by molar-refractivity contribution is 6.04. The Bertz CT molecular complexity index is 941. The zero-order valence-corrected chi connectivity index (χ0v) is 15.9. The Morgan fingerprint density at radius 3 is 2.41 bits per heavy atom. The Hall–Kier alpha value is -3.38. The van der Waals surface area contributed by atoms with Gasteiger partial charge in [-0.2, -0.15) is 0 Å². The van der Waals surface area contributed by atoms with Crippen molar-refractivity contribution in [1.29, 1.82) is 0 Å². The normalized spacial score (nSPS) is 23.1. The van der Waals surface area contributed by atoms with E-state index in [0.717, 1.165) is 11.3 Å². The lowest BCUT2D eigenvalue weighted by atomic mass is 9.79. The smallest absolute Gasteiger partial charge is 0.337 e. The number of benzene rings is 2. The van der Waals surface area contributed by atoms with E-state index in [9.17, 15) is 14.7 Å². The number of carbonyl (C=O) groups is 2. The maximum Gasteiger partial charge on any atom is 0.337 e. The van der Waals surface area contributed by atoms with E-state index in [1.54, 1.807) is 12.2 Å². The molecule has 6 heteroatoms. The summed E-state index contributed by atoms with van der Waals surface area (Å²) < 4.78 is 11.1. The van der Waals surface area contributed by atoms with Crippen LogP contribution in [0.2, 0.25) is 0 Å². The molecule has 0 spiro atoms. The Morgan fingerprint density at radius 2 is 1.79 bits per heavy atom. The number of nitrogens with one attached hydrogen (secondary N) is 1. The van der Waals surface area contributed by atoms with Gasteiger partial charge in [0, 0.05) is 5.69 Å². The molecule has 29 heavy (non-hydrogen) atoms. The summed E-state index contributed by atoms with van der Waals surface area (Å²) in [5.74, 6) is -1.87. The highest BCUT2D eigenvalue weighted by atomic mass is 16.5. The van der Waals surface area contributed by atoms with Gasteiger partial charge in [-0.1, -0.05) is 54.6 Å². The molecule has 2 N–H and O–H groups in total. The van der Waals surface area contributed by atoms with Crippen molar-refractivity contribution < 1.29 is 24.2 Å². The van der Waals surface area contributed by atoms with Gasteiger partial charge in [-0.15, -0.1) is 0 Å². The Morgan fingerprint density at radius 1 is 1.14 bits per heavy atom. The highest BCUT2D eigenvalue weighted by Crippen LogP contribution is 2.47. The monoisotopic (exact) mass is 391 g/mol. The van der Waals surface area contributed by atoms with Crippen molar-refractivity contribution in [1.82, 2.24) is 0 Å². The number of aliphatic carboxylic acids is 1. The van der Waals surface area contributed by atoms with Gasteiger partial charge in [-0.05, 0) is 30.2 Å². The number of anilines is 1. The fourth-order valence-corrected chi connectivity index (χ4v) is 4.04. The predicted molar refractivity (Wildman–Crippen MR) is 107 cm³/mol. The first kappa shape index (κ1) is 19.0. The van der Waals surface area contributed by atoms with Crippen molar-refractivity contribution in [2.24, 2.45) is 0 Å². The molecule has 0 radical (unpaired) electrons. The third-order valence-corrected chi connectivity index (χ3v) is 5.32. The number of esters is 1. The second kappa shape index (κ2) is 7.56. The number of carboxylic acids is 1. The summed E-state index contributed by atoms with van der Waals surface area (Å²) in [7, 11) is 1.25. The second-order valence-corrected chi connectivity index (χ2v) is 7.03. The van der Waals surface area contributed by atoms with Gasteiger partial charge in [0.2, 0.25) is 0 Å². The molecule has 2 heterocycles. The molecule has 6 nitrogen and oxygen atoms in total. The first-order valence-electron chi connectivity index (χ1n) is 9.34. The maximum absolute atomic E-state index is 12.6. The van der Waals surface area contributed by atoms with Crippen molar-refractivity contribution in [2.75, 3.05) is 12.4 Å². The van der Waals surface area contributed by atoms with Gasteiger partial charge in [0.25, 0.3) is 0 Å². The molecule has 3 unspecified atom stereocenters. The second-order valence-electron chi connectivity index (χ2n) is 7.03. The highest BCUT2D eigenvalue weighted by Gasteiger charge is 2.58. The zero-order valence-electron chi connectivity index (χ0n) is 15.9. The van der Waals surface area contributed by atoms with E-state index in [-0.39, 0.29) is 11.1 Å². The van der Waals surface area contributed by atoms with Crippen LogP contribution in [0.15, 0.2) is 84.0 Å². The first-order chi connectivity index (χ1) is 14.0. The molecule has 2 aromatic rings. The Kier molecular flexibility index (Phi) is 4.94. The molecular weight excluding hydrogens is 370 g/mol. The number of hydrogen-bond donors (Lipinski definition) is 2. The topological polar surface area (TPSA) is 84.9 Å². The van der Waals surface area contributed by atoms with Gasteiger partial charge in [0.1, 0.15) is 11.7 Å². The van der Waals surface area contributed by atoms with Crippen LogP contribution in [0, 0.1) is 0 Å². The fraction of sp³-hybridized carbons (Fsp3) is 0.217. The number of hydrogen-bond acceptors (Lipinski definition) is 5. The Balaban J connectivity index is 1.80. The molecule has 0 aromatic heterocycles. The molecule has 0 aliphatic carbocycles. The standard InChI is InChI=1S/C23H21NO5/c1-28-22(27)20-19(21(25)26)17-12-13-23(20,29-17)18(14-15-8-4-2-5-9-15)24-16-10-6-3-7-11-16/h2-13,17-18,24H,14H2,1H3,(H,25,26). The zero-order chi connectivity index (χ0) is 20.4. The van der Waals surface area contributed by atoms with Crippen molar-refractivity contribution in [3.05, 3.63) is 89.5 Å². The van der Waals surface area contributed by atoms with E-state index in [0.29, 0.717) is 6.42 Å². The van der Waals surface area contributed by atoms with Gasteiger partial charge < -0.3 is 19.9 Å². The fourth-order valence-electron chi connectivity index (χ4n) is 4.04. The lowest BCUT2D eigenvalue weighted by Crippen LogP contribution is -2.49. The van der Waals surface area contributed by atoms with Crippen molar-refractivity contribution in [3.8, 4) is 0 Å². The minimum atomic E-state index is -1.24. The summed E-state index contributed by atoms with van der Waals surface area (Å²) in [5, 5.41) is 13.2. The van der Waals surface area contributed by atoms with Crippen LogP contribution in [0.3, 0.4) is 0 Å². The summed E-state index contributed by atoms with van der Waals surface area (Å²) >= 11 is 0. The first-order valence-corrected chi connectivity index (χ1v) is 9.34. The van der Waals surface area contributed by atoms with E-state index in [1.807, 2.05) is 60.7 Å². The molecule has 2 aliphatic rings. The van der Waals surface area contributed by atoms with Crippen LogP contribution in [0.4, 0.5) is 5.69 Å². The summed E-state index contributed by atoms with van der Waals surface area (Å²) in [6, 6.07) is 18.9. The minimum Gasteiger partial charge on any atom is -0.478 e. The molecule has 3 atom stereocenters. The SMILES string of the molecule is COC(=O)C1=C(C(=O)O)C2C=CC1(C(Cc1ccccc1)Nc1ccccc1)O2. The largest absolute Gasteiger partial charge is 0.478 e. The van der Waals surface area contributed by atoms with Crippen molar-refractivity contribution in [3.63, 3.8) is 0 Å². The number of methoxy groups -OCH3 is 1. The third kappa shape index (κ3) is 3.32. The quantitative estimate of drug-likeness (QED) is 0.558. The van der Waals surface area contributed by atoms with Gasteiger partial charge in [0.05, 0.1) is 24.3 Å². The summed E-state index contributed by atoms with van der Waals surface area (Å²) in [4.78, 5) is 24.6. The van der Waals surface area contributed by atoms with E-state index in [2.05, 4.69) is 5.32 Å². The molecule has 148 valence electrons. The van der Waals surface area contributed by atoms with Gasteiger partial charge in [0.15, 0.2) is 0 Å². The summed E-state index contributed by atoms with van der Waals surface area (Å²) in [6.07, 6.45) is 3.21. The molecule has 0 saturated carbocycles. The number of carbonyl (C=O) groups excluding carboxylic acids is 1. The van der Waals surface area contributed by atoms with Crippen molar-refractivity contribution in [2.45, 2.75) is 24.2 Å². The molecule has 0 amide bonds. The molecule has 0 fully saturated rings. The van der Waals surface area contributed by atoms with Gasteiger partial charge in [-0.3, -0.25) is 0 Å². The number of carboxylic acid groups (broad SMARTS) is 1.